The number of benzene rings is 1. The van der Waals surface area contributed by atoms with E-state index in [1.54, 1.807) is 18.0 Å². The van der Waals surface area contributed by atoms with Gasteiger partial charge in [0.1, 0.15) is 0 Å². The number of rotatable bonds is 3. The number of carbonyl (C=O) groups is 1. The Bertz CT molecular complexity index is 625. The van der Waals surface area contributed by atoms with Gasteiger partial charge in [-0.3, -0.25) is 4.79 Å². The van der Waals surface area contributed by atoms with E-state index in [0.29, 0.717) is 10.0 Å². The van der Waals surface area contributed by atoms with Crippen molar-refractivity contribution in [3.8, 4) is 0 Å². The van der Waals surface area contributed by atoms with Crippen LogP contribution in [0, 0.1) is 0 Å². The van der Waals surface area contributed by atoms with E-state index in [2.05, 4.69) is 21.2 Å². The molecule has 1 heterocycles. The largest absolute Gasteiger partial charge is 0.337 e. The minimum Gasteiger partial charge on any atom is -0.337 e. The second-order valence-corrected chi connectivity index (χ2v) is 7.85. The zero-order chi connectivity index (χ0) is 14.9. The Morgan fingerprint density at radius 3 is 2.70 bits per heavy atom. The molecule has 1 aliphatic rings. The topological polar surface area (TPSA) is 66.5 Å². The smallest absolute Gasteiger partial charge is 0.255 e. The summed E-state index contributed by atoms with van der Waals surface area (Å²) in [5, 5.41) is 3.21. The van der Waals surface area contributed by atoms with Crippen LogP contribution in [0.5, 0.6) is 0 Å². The standard InChI is InChI=1S/C13H17BrN2O3S/c1-16(9-5-6-15-8-9)13(17)11-7-10(20(2,18)19)3-4-12(11)14/h3-4,7,9,15H,5-6,8H2,1-2H3/t9-/m0/s1. The minimum atomic E-state index is -3.32. The summed E-state index contributed by atoms with van der Waals surface area (Å²) in [7, 11) is -1.57. The second kappa shape index (κ2) is 5.83. The average molecular weight is 361 g/mol. The predicted molar refractivity (Wildman–Crippen MR) is 80.6 cm³/mol. The first-order chi connectivity index (χ1) is 9.30. The van der Waals surface area contributed by atoms with Crippen LogP contribution in [0.4, 0.5) is 0 Å². The van der Waals surface area contributed by atoms with Crippen molar-refractivity contribution in [2.45, 2.75) is 17.4 Å². The highest BCUT2D eigenvalue weighted by atomic mass is 79.9. The van der Waals surface area contributed by atoms with Gasteiger partial charge in [0.25, 0.3) is 5.91 Å². The lowest BCUT2D eigenvalue weighted by Crippen LogP contribution is -2.38. The Labute approximate surface area is 127 Å². The summed E-state index contributed by atoms with van der Waals surface area (Å²) < 4.78 is 23.8. The number of sulfone groups is 1. The van der Waals surface area contributed by atoms with Crippen LogP contribution < -0.4 is 5.32 Å². The number of nitrogens with one attached hydrogen (secondary N) is 1. The van der Waals surface area contributed by atoms with Crippen molar-refractivity contribution in [2.75, 3.05) is 26.4 Å². The van der Waals surface area contributed by atoms with Crippen LogP contribution in [0.3, 0.4) is 0 Å². The van der Waals surface area contributed by atoms with Crippen LogP contribution in [0.2, 0.25) is 0 Å². The van der Waals surface area contributed by atoms with Crippen molar-refractivity contribution >= 4 is 31.7 Å². The number of nitrogens with zero attached hydrogens (tertiary/aromatic N) is 1. The Morgan fingerprint density at radius 2 is 2.15 bits per heavy atom. The first-order valence-electron chi connectivity index (χ1n) is 6.28. The average Bonchev–Trinajstić information content (AvgIpc) is 2.90. The molecule has 20 heavy (non-hydrogen) atoms. The van der Waals surface area contributed by atoms with E-state index in [0.717, 1.165) is 25.8 Å². The van der Waals surface area contributed by atoms with Gasteiger partial charge in [-0.15, -0.1) is 0 Å². The molecule has 0 spiro atoms. The zero-order valence-corrected chi connectivity index (χ0v) is 13.8. The maximum absolute atomic E-state index is 12.5. The second-order valence-electron chi connectivity index (χ2n) is 4.98. The monoisotopic (exact) mass is 360 g/mol. The molecule has 0 radical (unpaired) electrons. The van der Waals surface area contributed by atoms with Gasteiger partial charge >= 0.3 is 0 Å². The molecule has 1 atom stereocenters. The number of carbonyl (C=O) groups excluding carboxylic acids is 1. The van der Waals surface area contributed by atoms with Gasteiger partial charge < -0.3 is 10.2 Å². The van der Waals surface area contributed by atoms with E-state index >= 15 is 0 Å². The number of hydrogen-bond acceptors (Lipinski definition) is 4. The van der Waals surface area contributed by atoms with Crippen molar-refractivity contribution in [3.63, 3.8) is 0 Å². The molecule has 0 aromatic heterocycles. The molecule has 0 bridgehead atoms. The van der Waals surface area contributed by atoms with Gasteiger partial charge in [0.2, 0.25) is 0 Å². The van der Waals surface area contributed by atoms with Crippen molar-refractivity contribution in [1.82, 2.24) is 10.2 Å². The van der Waals surface area contributed by atoms with Gasteiger partial charge in [0, 0.05) is 30.4 Å². The van der Waals surface area contributed by atoms with Crippen molar-refractivity contribution in [1.29, 1.82) is 0 Å². The third-order valence-electron chi connectivity index (χ3n) is 3.50. The molecule has 1 amide bonds. The SMILES string of the molecule is CN(C(=O)c1cc(S(C)(=O)=O)ccc1Br)[C@H]1CCNC1. The molecule has 1 aromatic rings. The predicted octanol–water partition coefficient (Wildman–Crippen LogP) is 1.29. The van der Waals surface area contributed by atoms with Crippen molar-refractivity contribution in [2.24, 2.45) is 0 Å². The Kier molecular flexibility index (Phi) is 4.51. The van der Waals surface area contributed by atoms with Gasteiger partial charge in [-0.05, 0) is 47.1 Å². The quantitative estimate of drug-likeness (QED) is 0.881. The van der Waals surface area contributed by atoms with E-state index in [-0.39, 0.29) is 16.8 Å². The fourth-order valence-corrected chi connectivity index (χ4v) is 3.29. The fourth-order valence-electron chi connectivity index (χ4n) is 2.22. The third kappa shape index (κ3) is 3.21. The molecule has 0 aliphatic carbocycles. The Morgan fingerprint density at radius 1 is 1.45 bits per heavy atom. The van der Waals surface area contributed by atoms with Crippen LogP contribution >= 0.6 is 15.9 Å². The minimum absolute atomic E-state index is 0.149. The molecule has 7 heteroatoms. The molecule has 0 saturated carbocycles. The highest BCUT2D eigenvalue weighted by molar-refractivity contribution is 9.10. The molecule has 1 aliphatic heterocycles. The third-order valence-corrected chi connectivity index (χ3v) is 5.30. The van der Waals surface area contributed by atoms with Crippen LogP contribution in [-0.2, 0) is 9.84 Å². The lowest BCUT2D eigenvalue weighted by atomic mass is 10.1. The highest BCUT2D eigenvalue weighted by Crippen LogP contribution is 2.23. The molecular formula is C13H17BrN2O3S. The van der Waals surface area contributed by atoms with Gasteiger partial charge in [0.05, 0.1) is 10.5 Å². The van der Waals surface area contributed by atoms with Gasteiger partial charge in [-0.1, -0.05) is 0 Å². The highest BCUT2D eigenvalue weighted by Gasteiger charge is 2.26. The molecule has 110 valence electrons. The van der Waals surface area contributed by atoms with Gasteiger partial charge in [-0.25, -0.2) is 8.42 Å². The van der Waals surface area contributed by atoms with E-state index in [4.69, 9.17) is 0 Å². The van der Waals surface area contributed by atoms with Crippen LogP contribution in [-0.4, -0.2) is 51.7 Å². The summed E-state index contributed by atoms with van der Waals surface area (Å²) in [6.45, 7) is 1.67. The van der Waals surface area contributed by atoms with Gasteiger partial charge in [0.15, 0.2) is 9.84 Å². The molecular weight excluding hydrogens is 344 g/mol. The molecule has 1 saturated heterocycles. The first-order valence-corrected chi connectivity index (χ1v) is 8.96. The summed E-state index contributed by atoms with van der Waals surface area (Å²) in [5.41, 5.74) is 0.377. The number of likely N-dealkylation sites (N-methyl/N-ethyl adjacent to an activating group) is 1. The zero-order valence-electron chi connectivity index (χ0n) is 11.4. The van der Waals surface area contributed by atoms with Crippen LogP contribution in [0.25, 0.3) is 0 Å². The van der Waals surface area contributed by atoms with Gasteiger partial charge in [-0.2, -0.15) is 0 Å². The summed E-state index contributed by atoms with van der Waals surface area (Å²) in [4.78, 5) is 14.3. The lowest BCUT2D eigenvalue weighted by molar-refractivity contribution is 0.0742. The van der Waals surface area contributed by atoms with Crippen molar-refractivity contribution < 1.29 is 13.2 Å². The lowest BCUT2D eigenvalue weighted by Gasteiger charge is -2.24. The van der Waals surface area contributed by atoms with Crippen molar-refractivity contribution in [3.05, 3.63) is 28.2 Å². The maximum Gasteiger partial charge on any atom is 0.255 e. The molecule has 5 nitrogen and oxygen atoms in total. The number of halogens is 1. The first kappa shape index (κ1) is 15.5. The van der Waals surface area contributed by atoms with E-state index in [1.165, 1.54) is 12.1 Å². The van der Waals surface area contributed by atoms with E-state index in [1.807, 2.05) is 0 Å². The molecule has 0 unspecified atom stereocenters. The number of amides is 1. The maximum atomic E-state index is 12.5. The normalized spacial score (nSPS) is 19.1. The Balaban J connectivity index is 2.33. The summed E-state index contributed by atoms with van der Waals surface area (Å²) in [6, 6.07) is 4.68. The Hall–Kier alpha value is -0.920. The van der Waals surface area contributed by atoms with Crippen LogP contribution in [0.1, 0.15) is 16.8 Å². The molecule has 1 aromatic carbocycles. The molecule has 1 N–H and O–H groups in total. The van der Waals surface area contributed by atoms with E-state index < -0.39 is 9.84 Å². The summed E-state index contributed by atoms with van der Waals surface area (Å²) in [6.07, 6.45) is 2.04. The summed E-state index contributed by atoms with van der Waals surface area (Å²) >= 11 is 3.32. The fraction of sp³-hybridized carbons (Fsp3) is 0.462. The summed E-state index contributed by atoms with van der Waals surface area (Å²) in [5.74, 6) is -0.170. The van der Waals surface area contributed by atoms with E-state index in [9.17, 15) is 13.2 Å². The molecule has 2 rings (SSSR count). The van der Waals surface area contributed by atoms with Crippen LogP contribution in [0.15, 0.2) is 27.6 Å². The molecule has 1 fully saturated rings. The number of hydrogen-bond donors (Lipinski definition) is 1.